The van der Waals surface area contributed by atoms with Gasteiger partial charge in [0.2, 0.25) is 0 Å². The third kappa shape index (κ3) is 5.41. The van der Waals surface area contributed by atoms with E-state index in [1.54, 1.807) is 14.2 Å². The van der Waals surface area contributed by atoms with Crippen LogP contribution in [0.4, 0.5) is 4.79 Å². The largest absolute Gasteiger partial charge is 0.496 e. The number of urea groups is 1. The van der Waals surface area contributed by atoms with Crippen molar-refractivity contribution in [3.05, 3.63) is 29.8 Å². The molecular formula is C17H27N3O3. The van der Waals surface area contributed by atoms with Crippen molar-refractivity contribution in [3.8, 4) is 5.75 Å². The first-order valence-corrected chi connectivity index (χ1v) is 8.10. The molecule has 1 fully saturated rings. The van der Waals surface area contributed by atoms with Crippen molar-refractivity contribution in [1.82, 2.24) is 15.1 Å². The fourth-order valence-electron chi connectivity index (χ4n) is 2.73. The van der Waals surface area contributed by atoms with E-state index in [9.17, 15) is 4.79 Å². The molecule has 1 aromatic rings. The number of para-hydroxylation sites is 1. The number of nitrogens with zero attached hydrogens (tertiary/aromatic N) is 2. The highest BCUT2D eigenvalue weighted by molar-refractivity contribution is 5.74. The molecule has 0 saturated carbocycles. The molecule has 2 rings (SSSR count). The van der Waals surface area contributed by atoms with Gasteiger partial charge in [0.1, 0.15) is 5.75 Å². The monoisotopic (exact) mass is 321 g/mol. The maximum Gasteiger partial charge on any atom is 0.317 e. The Morgan fingerprint density at radius 2 is 1.91 bits per heavy atom. The number of carbonyl (C=O) groups excluding carboxylic acids is 1. The molecule has 0 radical (unpaired) electrons. The predicted octanol–water partition coefficient (Wildman–Crippen LogP) is 1.21. The van der Waals surface area contributed by atoms with Crippen LogP contribution in [0.1, 0.15) is 5.56 Å². The van der Waals surface area contributed by atoms with Crippen molar-refractivity contribution < 1.29 is 14.3 Å². The Kier molecular flexibility index (Phi) is 7.16. The summed E-state index contributed by atoms with van der Waals surface area (Å²) in [6, 6.07) is 8.14. The molecular weight excluding hydrogens is 294 g/mol. The van der Waals surface area contributed by atoms with Crippen LogP contribution in [-0.2, 0) is 11.2 Å². The van der Waals surface area contributed by atoms with Crippen molar-refractivity contribution in [2.45, 2.75) is 6.42 Å². The zero-order valence-corrected chi connectivity index (χ0v) is 14.1. The van der Waals surface area contributed by atoms with Crippen LogP contribution in [0, 0.1) is 0 Å². The minimum Gasteiger partial charge on any atom is -0.496 e. The van der Waals surface area contributed by atoms with Crippen LogP contribution >= 0.6 is 0 Å². The first kappa shape index (κ1) is 17.6. The van der Waals surface area contributed by atoms with Crippen molar-refractivity contribution in [2.24, 2.45) is 0 Å². The zero-order valence-electron chi connectivity index (χ0n) is 14.1. The number of hydrogen-bond acceptors (Lipinski definition) is 4. The fraction of sp³-hybridized carbons (Fsp3) is 0.588. The summed E-state index contributed by atoms with van der Waals surface area (Å²) in [6.45, 7) is 5.45. The molecule has 1 N–H and O–H groups in total. The molecule has 0 aliphatic carbocycles. The van der Waals surface area contributed by atoms with Gasteiger partial charge in [-0.25, -0.2) is 4.79 Å². The maximum atomic E-state index is 12.0. The van der Waals surface area contributed by atoms with E-state index in [0.717, 1.165) is 44.9 Å². The molecule has 1 aromatic carbocycles. The highest BCUT2D eigenvalue weighted by Crippen LogP contribution is 2.18. The molecule has 1 aliphatic heterocycles. The Morgan fingerprint density at radius 3 is 2.61 bits per heavy atom. The average molecular weight is 321 g/mol. The van der Waals surface area contributed by atoms with Gasteiger partial charge in [-0.05, 0) is 18.1 Å². The number of piperazine rings is 1. The number of rotatable bonds is 7. The second-order valence-electron chi connectivity index (χ2n) is 5.62. The third-order valence-corrected chi connectivity index (χ3v) is 4.13. The van der Waals surface area contributed by atoms with Gasteiger partial charge in [-0.2, -0.15) is 0 Å². The van der Waals surface area contributed by atoms with Crippen LogP contribution in [0.3, 0.4) is 0 Å². The third-order valence-electron chi connectivity index (χ3n) is 4.13. The molecule has 0 bridgehead atoms. The molecule has 0 atom stereocenters. The number of ether oxygens (including phenoxy) is 2. The highest BCUT2D eigenvalue weighted by Gasteiger charge is 2.20. The van der Waals surface area contributed by atoms with E-state index >= 15 is 0 Å². The first-order valence-electron chi connectivity index (χ1n) is 8.10. The van der Waals surface area contributed by atoms with Crippen molar-refractivity contribution in [2.75, 3.05) is 60.1 Å². The second-order valence-corrected chi connectivity index (χ2v) is 5.62. The Balaban J connectivity index is 1.71. The van der Waals surface area contributed by atoms with E-state index in [4.69, 9.17) is 9.47 Å². The summed E-state index contributed by atoms with van der Waals surface area (Å²) in [5.41, 5.74) is 1.23. The van der Waals surface area contributed by atoms with E-state index in [1.807, 2.05) is 23.1 Å². The molecule has 23 heavy (non-hydrogen) atoms. The summed E-state index contributed by atoms with van der Waals surface area (Å²) < 4.78 is 10.3. The summed E-state index contributed by atoms with van der Waals surface area (Å²) >= 11 is 0. The normalized spacial score (nSPS) is 15.5. The molecule has 128 valence electrons. The molecule has 0 aromatic heterocycles. The summed E-state index contributed by atoms with van der Waals surface area (Å²) in [5.74, 6) is 0.948. The summed E-state index contributed by atoms with van der Waals surface area (Å²) in [6.07, 6.45) is 0.962. The van der Waals surface area contributed by atoms with E-state index in [-0.39, 0.29) is 6.03 Å². The van der Waals surface area contributed by atoms with Gasteiger partial charge < -0.3 is 19.7 Å². The lowest BCUT2D eigenvalue weighted by Gasteiger charge is -2.34. The van der Waals surface area contributed by atoms with E-state index in [2.05, 4.69) is 16.3 Å². The van der Waals surface area contributed by atoms with E-state index in [0.29, 0.717) is 13.2 Å². The van der Waals surface area contributed by atoms with Gasteiger partial charge in [0.25, 0.3) is 0 Å². The quantitative estimate of drug-likeness (QED) is 0.767. The van der Waals surface area contributed by atoms with Crippen molar-refractivity contribution >= 4 is 6.03 Å². The van der Waals surface area contributed by atoms with Gasteiger partial charge in [0.15, 0.2) is 0 Å². The lowest BCUT2D eigenvalue weighted by atomic mass is 10.1. The van der Waals surface area contributed by atoms with Crippen molar-refractivity contribution in [1.29, 1.82) is 0 Å². The number of methoxy groups -OCH3 is 2. The Morgan fingerprint density at radius 1 is 1.17 bits per heavy atom. The lowest BCUT2D eigenvalue weighted by Crippen LogP contribution is -2.52. The van der Waals surface area contributed by atoms with E-state index in [1.165, 1.54) is 5.56 Å². The summed E-state index contributed by atoms with van der Waals surface area (Å²) in [4.78, 5) is 16.2. The molecule has 6 nitrogen and oxygen atoms in total. The molecule has 0 spiro atoms. The SMILES string of the molecule is COCCNC(=O)N1CCN(CCc2ccccc2OC)CC1. The lowest BCUT2D eigenvalue weighted by molar-refractivity contribution is 0.136. The molecule has 2 amide bonds. The standard InChI is InChI=1S/C17H27N3O3/c1-22-14-8-18-17(21)20-12-10-19(11-13-20)9-7-15-5-3-4-6-16(15)23-2/h3-6H,7-14H2,1-2H3,(H,18,21). The van der Waals surface area contributed by atoms with Crippen LogP contribution in [0.25, 0.3) is 0 Å². The van der Waals surface area contributed by atoms with Gasteiger partial charge in [-0.1, -0.05) is 18.2 Å². The molecule has 1 saturated heterocycles. The predicted molar refractivity (Wildman–Crippen MR) is 90.0 cm³/mol. The van der Waals surface area contributed by atoms with Gasteiger partial charge in [-0.15, -0.1) is 0 Å². The first-order chi connectivity index (χ1) is 11.2. The van der Waals surface area contributed by atoms with Crippen LogP contribution in [0.2, 0.25) is 0 Å². The fourth-order valence-corrected chi connectivity index (χ4v) is 2.73. The van der Waals surface area contributed by atoms with Crippen molar-refractivity contribution in [3.63, 3.8) is 0 Å². The Labute approximate surface area is 138 Å². The maximum absolute atomic E-state index is 12.0. The van der Waals surface area contributed by atoms with Gasteiger partial charge in [0.05, 0.1) is 13.7 Å². The topological polar surface area (TPSA) is 54.0 Å². The molecule has 6 heteroatoms. The minimum atomic E-state index is 0.00595. The Bertz CT molecular complexity index is 488. The van der Waals surface area contributed by atoms with Crippen LogP contribution in [0.15, 0.2) is 24.3 Å². The number of nitrogens with one attached hydrogen (secondary N) is 1. The zero-order chi connectivity index (χ0) is 16.5. The van der Waals surface area contributed by atoms with E-state index < -0.39 is 0 Å². The second kappa shape index (κ2) is 9.37. The molecule has 0 unspecified atom stereocenters. The van der Waals surface area contributed by atoms with Gasteiger partial charge in [0, 0.05) is 46.4 Å². The molecule has 1 aliphatic rings. The minimum absolute atomic E-state index is 0.00595. The number of benzene rings is 1. The van der Waals surface area contributed by atoms with Gasteiger partial charge in [-0.3, -0.25) is 4.90 Å². The summed E-state index contributed by atoms with van der Waals surface area (Å²) in [5, 5.41) is 2.87. The number of amides is 2. The molecule has 1 heterocycles. The van der Waals surface area contributed by atoms with Gasteiger partial charge >= 0.3 is 6.03 Å². The Hall–Kier alpha value is -1.79. The average Bonchev–Trinajstić information content (AvgIpc) is 2.60. The smallest absolute Gasteiger partial charge is 0.317 e. The number of carbonyl (C=O) groups is 1. The highest BCUT2D eigenvalue weighted by atomic mass is 16.5. The number of hydrogen-bond donors (Lipinski definition) is 1. The van der Waals surface area contributed by atoms with Crippen LogP contribution in [-0.4, -0.2) is 75.9 Å². The van der Waals surface area contributed by atoms with Crippen LogP contribution < -0.4 is 10.1 Å². The summed E-state index contributed by atoms with van der Waals surface area (Å²) in [7, 11) is 3.34. The van der Waals surface area contributed by atoms with Crippen LogP contribution in [0.5, 0.6) is 5.75 Å².